The van der Waals surface area contributed by atoms with Crippen molar-refractivity contribution in [1.29, 1.82) is 0 Å². The number of hydrogen-bond acceptors (Lipinski definition) is 5. The maximum atomic E-state index is 12.2. The largest absolute Gasteiger partial charge is 0.481 e. The summed E-state index contributed by atoms with van der Waals surface area (Å²) in [7, 11) is 0. The minimum absolute atomic E-state index is 0.176. The molecule has 7 heteroatoms. The number of likely N-dealkylation sites (tertiary alicyclic amines) is 1. The normalized spacial score (nSPS) is 22.4. The molecule has 0 aliphatic carbocycles. The van der Waals surface area contributed by atoms with Crippen molar-refractivity contribution in [1.82, 2.24) is 9.88 Å². The third kappa shape index (κ3) is 3.97. The second-order valence-electron chi connectivity index (χ2n) is 6.74. The van der Waals surface area contributed by atoms with Gasteiger partial charge in [0.1, 0.15) is 5.60 Å². The molecular weight excluding hydrogens is 304 g/mol. The van der Waals surface area contributed by atoms with E-state index in [1.54, 1.807) is 32.5 Å². The predicted molar refractivity (Wildman–Crippen MR) is 82.9 cm³/mol. The summed E-state index contributed by atoms with van der Waals surface area (Å²) in [5.41, 5.74) is 0.152. The Morgan fingerprint density at radius 3 is 2.77 bits per heavy atom. The van der Waals surface area contributed by atoms with Crippen molar-refractivity contribution in [2.45, 2.75) is 45.6 Å². The van der Waals surface area contributed by atoms with Crippen molar-refractivity contribution in [3.05, 3.63) is 16.6 Å². The molecule has 0 bridgehead atoms. The number of aromatic nitrogens is 1. The molecule has 1 fully saturated rings. The molecule has 1 aromatic rings. The molecule has 1 saturated heterocycles. The van der Waals surface area contributed by atoms with E-state index in [1.807, 2.05) is 0 Å². The number of hydrogen-bond donors (Lipinski definition) is 1. The number of ether oxygens (including phenoxy) is 1. The lowest BCUT2D eigenvalue weighted by atomic mass is 9.77. The summed E-state index contributed by atoms with van der Waals surface area (Å²) in [5, 5.41) is 9.73. The highest BCUT2D eigenvalue weighted by Crippen LogP contribution is 2.35. The Morgan fingerprint density at radius 2 is 2.23 bits per heavy atom. The highest BCUT2D eigenvalue weighted by atomic mass is 32.1. The Balaban J connectivity index is 2.14. The number of aliphatic carboxylic acids is 1. The molecule has 2 heterocycles. The van der Waals surface area contributed by atoms with E-state index < -0.39 is 23.1 Å². The molecule has 2 rings (SSSR count). The average molecular weight is 326 g/mol. The lowest BCUT2D eigenvalue weighted by molar-refractivity contribution is -0.152. The molecule has 122 valence electrons. The smallest absolute Gasteiger partial charge is 0.410 e. The fourth-order valence-electron chi connectivity index (χ4n) is 2.67. The van der Waals surface area contributed by atoms with Crippen molar-refractivity contribution in [2.75, 3.05) is 13.1 Å². The molecule has 0 saturated carbocycles. The molecule has 1 N–H and O–H groups in total. The Morgan fingerprint density at radius 1 is 1.50 bits per heavy atom. The van der Waals surface area contributed by atoms with Crippen molar-refractivity contribution in [3.63, 3.8) is 0 Å². The van der Waals surface area contributed by atoms with E-state index in [4.69, 9.17) is 4.74 Å². The maximum absolute atomic E-state index is 12.2. The van der Waals surface area contributed by atoms with Crippen LogP contribution < -0.4 is 0 Å². The zero-order valence-electron chi connectivity index (χ0n) is 13.2. The van der Waals surface area contributed by atoms with Crippen LogP contribution in [0, 0.1) is 5.41 Å². The monoisotopic (exact) mass is 326 g/mol. The highest BCUT2D eigenvalue weighted by molar-refractivity contribution is 7.09. The van der Waals surface area contributed by atoms with E-state index in [2.05, 4.69) is 4.98 Å². The second-order valence-corrected chi connectivity index (χ2v) is 7.71. The number of carboxylic acids is 1. The first kappa shape index (κ1) is 16.7. The van der Waals surface area contributed by atoms with Gasteiger partial charge in [-0.15, -0.1) is 11.3 Å². The maximum Gasteiger partial charge on any atom is 0.410 e. The molecule has 1 aliphatic rings. The molecule has 22 heavy (non-hydrogen) atoms. The number of carbonyl (C=O) groups excluding carboxylic acids is 1. The molecule has 0 spiro atoms. The Bertz CT molecular complexity index is 538. The Kier molecular flexibility index (Phi) is 4.75. The molecule has 1 aromatic heterocycles. The van der Waals surface area contributed by atoms with Gasteiger partial charge in [0, 0.05) is 30.6 Å². The van der Waals surface area contributed by atoms with Gasteiger partial charge in [-0.25, -0.2) is 4.79 Å². The Labute approximate surface area is 134 Å². The van der Waals surface area contributed by atoms with Crippen molar-refractivity contribution >= 4 is 23.4 Å². The van der Waals surface area contributed by atoms with E-state index in [0.29, 0.717) is 25.8 Å². The SMILES string of the molecule is CC(C)(C)OC(=O)N1CCCC(Cc2cncs2)(C(=O)O)C1. The van der Waals surface area contributed by atoms with Crippen LogP contribution in [0.15, 0.2) is 11.7 Å². The van der Waals surface area contributed by atoms with Crippen LogP contribution in [-0.4, -0.2) is 45.7 Å². The van der Waals surface area contributed by atoms with Crippen molar-refractivity contribution in [2.24, 2.45) is 5.41 Å². The first-order chi connectivity index (χ1) is 10.2. The number of carboxylic acid groups (broad SMARTS) is 1. The number of rotatable bonds is 3. The first-order valence-electron chi connectivity index (χ1n) is 7.31. The predicted octanol–water partition coefficient (Wildman–Crippen LogP) is 2.79. The molecule has 0 radical (unpaired) electrons. The molecule has 1 amide bonds. The van der Waals surface area contributed by atoms with Crippen molar-refractivity contribution in [3.8, 4) is 0 Å². The fourth-order valence-corrected chi connectivity index (χ4v) is 3.41. The number of carbonyl (C=O) groups is 2. The molecule has 1 aliphatic heterocycles. The topological polar surface area (TPSA) is 79.7 Å². The minimum Gasteiger partial charge on any atom is -0.481 e. The van der Waals surface area contributed by atoms with Gasteiger partial charge < -0.3 is 14.7 Å². The van der Waals surface area contributed by atoms with Crippen LogP contribution in [-0.2, 0) is 16.0 Å². The fraction of sp³-hybridized carbons (Fsp3) is 0.667. The van der Waals surface area contributed by atoms with E-state index in [9.17, 15) is 14.7 Å². The molecule has 1 atom stereocenters. The molecule has 6 nitrogen and oxygen atoms in total. The van der Waals surface area contributed by atoms with Crippen LogP contribution in [0.25, 0.3) is 0 Å². The summed E-state index contributed by atoms with van der Waals surface area (Å²) in [6.07, 6.45) is 2.86. The van der Waals surface area contributed by atoms with Crippen LogP contribution in [0.4, 0.5) is 4.79 Å². The third-order valence-electron chi connectivity index (χ3n) is 3.68. The number of nitrogens with zero attached hydrogens (tertiary/aromatic N) is 2. The van der Waals surface area contributed by atoms with Gasteiger partial charge in [0.2, 0.25) is 0 Å². The van der Waals surface area contributed by atoms with E-state index in [0.717, 1.165) is 4.88 Å². The van der Waals surface area contributed by atoms with Gasteiger partial charge in [-0.05, 0) is 33.6 Å². The van der Waals surface area contributed by atoms with E-state index >= 15 is 0 Å². The van der Waals surface area contributed by atoms with Gasteiger partial charge in [0.05, 0.1) is 10.9 Å². The van der Waals surface area contributed by atoms with Crippen LogP contribution >= 0.6 is 11.3 Å². The molecule has 0 aromatic carbocycles. The van der Waals surface area contributed by atoms with Crippen molar-refractivity contribution < 1.29 is 19.4 Å². The van der Waals surface area contributed by atoms with Gasteiger partial charge in [-0.1, -0.05) is 0 Å². The van der Waals surface area contributed by atoms with Crippen LogP contribution in [0.3, 0.4) is 0 Å². The molecule has 1 unspecified atom stereocenters. The lowest BCUT2D eigenvalue weighted by Crippen LogP contribution is -2.52. The summed E-state index contributed by atoms with van der Waals surface area (Å²) in [6, 6.07) is 0. The van der Waals surface area contributed by atoms with Gasteiger partial charge in [0.25, 0.3) is 0 Å². The zero-order valence-corrected chi connectivity index (χ0v) is 14.0. The van der Waals surface area contributed by atoms with E-state index in [1.165, 1.54) is 16.2 Å². The van der Waals surface area contributed by atoms with Gasteiger partial charge in [0.15, 0.2) is 0 Å². The van der Waals surface area contributed by atoms with Gasteiger partial charge in [-0.2, -0.15) is 0 Å². The quantitative estimate of drug-likeness (QED) is 0.924. The summed E-state index contributed by atoms with van der Waals surface area (Å²) in [6.45, 7) is 6.12. The van der Waals surface area contributed by atoms with Crippen LogP contribution in [0.2, 0.25) is 0 Å². The van der Waals surface area contributed by atoms with Gasteiger partial charge >= 0.3 is 12.1 Å². The standard InChI is InChI=1S/C15H22N2O4S/c1-14(2,3)21-13(20)17-6-4-5-15(9-17,12(18)19)7-11-8-16-10-22-11/h8,10H,4-7,9H2,1-3H3,(H,18,19). The van der Waals surface area contributed by atoms with Crippen LogP contribution in [0.5, 0.6) is 0 Å². The number of thiazole rings is 1. The Hall–Kier alpha value is -1.63. The summed E-state index contributed by atoms with van der Waals surface area (Å²) >= 11 is 1.44. The summed E-state index contributed by atoms with van der Waals surface area (Å²) in [5.74, 6) is -0.867. The molecular formula is C15H22N2O4S. The van der Waals surface area contributed by atoms with Gasteiger partial charge in [-0.3, -0.25) is 9.78 Å². The third-order valence-corrected chi connectivity index (χ3v) is 4.46. The minimum atomic E-state index is -0.957. The first-order valence-corrected chi connectivity index (χ1v) is 8.18. The lowest BCUT2D eigenvalue weighted by Gasteiger charge is -2.40. The average Bonchev–Trinajstić information content (AvgIpc) is 2.89. The number of amides is 1. The summed E-state index contributed by atoms with van der Waals surface area (Å²) < 4.78 is 5.37. The number of piperidine rings is 1. The zero-order chi connectivity index (χ0) is 16.4. The van der Waals surface area contributed by atoms with Crippen LogP contribution in [0.1, 0.15) is 38.5 Å². The highest BCUT2D eigenvalue weighted by Gasteiger charge is 2.44. The summed E-state index contributed by atoms with van der Waals surface area (Å²) in [4.78, 5) is 30.5. The van der Waals surface area contributed by atoms with E-state index in [-0.39, 0.29) is 6.54 Å². The second kappa shape index (κ2) is 6.24.